The molecule has 0 aromatic heterocycles. The topological polar surface area (TPSA) is 84.7 Å². The predicted molar refractivity (Wildman–Crippen MR) is 134 cm³/mol. The van der Waals surface area contributed by atoms with Gasteiger partial charge in [-0.3, -0.25) is 9.59 Å². The number of carbonyl (C=O) groups is 2. The molecule has 2 atom stereocenters. The van der Waals surface area contributed by atoms with Crippen molar-refractivity contribution in [1.29, 1.82) is 0 Å². The second kappa shape index (κ2) is 11.1. The Morgan fingerprint density at radius 3 is 2.49 bits per heavy atom. The van der Waals surface area contributed by atoms with Crippen LogP contribution in [-0.2, 0) is 6.54 Å². The van der Waals surface area contributed by atoms with E-state index in [0.717, 1.165) is 31.2 Å². The Bertz CT molecular complexity index is 1180. The molecule has 3 aromatic rings. The lowest BCUT2D eigenvalue weighted by atomic mass is 9.89. The number of rotatable bonds is 7. The Morgan fingerprint density at radius 1 is 1.03 bits per heavy atom. The van der Waals surface area contributed by atoms with Crippen molar-refractivity contribution in [2.24, 2.45) is 5.73 Å². The number of nitrogens with zero attached hydrogens (tertiary/aromatic N) is 1. The summed E-state index contributed by atoms with van der Waals surface area (Å²) >= 11 is 0. The number of hydrogen-bond donors (Lipinski definition) is 2. The molecule has 1 fully saturated rings. The van der Waals surface area contributed by atoms with Crippen LogP contribution >= 0.6 is 0 Å². The van der Waals surface area contributed by atoms with Crippen LogP contribution in [-0.4, -0.2) is 35.9 Å². The quantitative estimate of drug-likeness (QED) is 0.504. The fraction of sp³-hybridized carbons (Fsp3) is 0.286. The maximum atomic E-state index is 13.8. The lowest BCUT2D eigenvalue weighted by Crippen LogP contribution is -2.51. The average Bonchev–Trinajstić information content (AvgIpc) is 2.88. The van der Waals surface area contributed by atoms with Crippen molar-refractivity contribution < 1.29 is 18.7 Å². The van der Waals surface area contributed by atoms with Gasteiger partial charge < -0.3 is 20.7 Å². The lowest BCUT2D eigenvalue weighted by molar-refractivity contribution is 0.0583. The summed E-state index contributed by atoms with van der Waals surface area (Å²) in [6.45, 7) is 0.342. The number of amides is 2. The highest BCUT2D eigenvalue weighted by Crippen LogP contribution is 2.26. The minimum atomic E-state index is -0.445. The molecule has 0 radical (unpaired) electrons. The van der Waals surface area contributed by atoms with E-state index in [0.29, 0.717) is 29.1 Å². The van der Waals surface area contributed by atoms with Gasteiger partial charge in [0.1, 0.15) is 11.6 Å². The molecule has 0 heterocycles. The fourth-order valence-corrected chi connectivity index (χ4v) is 4.57. The number of benzene rings is 3. The van der Waals surface area contributed by atoms with E-state index < -0.39 is 5.82 Å². The Morgan fingerprint density at radius 2 is 1.77 bits per heavy atom. The van der Waals surface area contributed by atoms with E-state index in [4.69, 9.17) is 10.5 Å². The molecule has 0 saturated heterocycles. The van der Waals surface area contributed by atoms with E-state index >= 15 is 0 Å². The minimum absolute atomic E-state index is 0.121. The van der Waals surface area contributed by atoms with Crippen LogP contribution in [0.25, 0.3) is 0 Å². The van der Waals surface area contributed by atoms with Crippen LogP contribution in [0.2, 0.25) is 0 Å². The van der Waals surface area contributed by atoms with Crippen LogP contribution in [0, 0.1) is 5.82 Å². The van der Waals surface area contributed by atoms with Gasteiger partial charge in [-0.1, -0.05) is 43.2 Å². The molecule has 1 saturated carbocycles. The van der Waals surface area contributed by atoms with Crippen molar-refractivity contribution in [2.75, 3.05) is 12.4 Å². The molecule has 0 spiro atoms. The number of methoxy groups -OCH3 is 1. The second-order valence-electron chi connectivity index (χ2n) is 8.81. The van der Waals surface area contributed by atoms with Crippen LogP contribution in [0.5, 0.6) is 5.75 Å². The van der Waals surface area contributed by atoms with Crippen molar-refractivity contribution in [3.05, 3.63) is 95.3 Å². The van der Waals surface area contributed by atoms with Crippen LogP contribution in [0.3, 0.4) is 0 Å². The first kappa shape index (κ1) is 24.4. The third-order valence-electron chi connectivity index (χ3n) is 6.43. The molecule has 3 aromatic carbocycles. The summed E-state index contributed by atoms with van der Waals surface area (Å²) in [4.78, 5) is 27.9. The van der Waals surface area contributed by atoms with Crippen molar-refractivity contribution in [3.8, 4) is 5.75 Å². The number of anilines is 1. The molecule has 2 unspecified atom stereocenters. The number of para-hydroxylation sites is 1. The Labute approximate surface area is 204 Å². The Hall–Kier alpha value is -3.71. The Kier molecular flexibility index (Phi) is 7.77. The van der Waals surface area contributed by atoms with Crippen molar-refractivity contribution >= 4 is 17.5 Å². The molecular formula is C28H30FN3O3. The zero-order valence-electron chi connectivity index (χ0n) is 19.7. The molecule has 6 nitrogen and oxygen atoms in total. The van der Waals surface area contributed by atoms with E-state index in [9.17, 15) is 14.0 Å². The van der Waals surface area contributed by atoms with Crippen LogP contribution in [0.1, 0.15) is 52.0 Å². The van der Waals surface area contributed by atoms with Gasteiger partial charge in [0.25, 0.3) is 11.8 Å². The van der Waals surface area contributed by atoms with Gasteiger partial charge >= 0.3 is 0 Å². The van der Waals surface area contributed by atoms with E-state index in [2.05, 4.69) is 5.32 Å². The molecule has 0 bridgehead atoms. The number of hydrogen-bond acceptors (Lipinski definition) is 4. The molecule has 182 valence electrons. The first-order valence-corrected chi connectivity index (χ1v) is 11.8. The first-order valence-electron chi connectivity index (χ1n) is 11.8. The fourth-order valence-electron chi connectivity index (χ4n) is 4.57. The smallest absolute Gasteiger partial charge is 0.259 e. The highest BCUT2D eigenvalue weighted by molar-refractivity contribution is 6.06. The average molecular weight is 476 g/mol. The van der Waals surface area contributed by atoms with Gasteiger partial charge in [-0.05, 0) is 60.9 Å². The van der Waals surface area contributed by atoms with Gasteiger partial charge in [0.2, 0.25) is 0 Å². The van der Waals surface area contributed by atoms with E-state index in [1.54, 1.807) is 53.4 Å². The van der Waals surface area contributed by atoms with Gasteiger partial charge in [0, 0.05) is 29.9 Å². The maximum Gasteiger partial charge on any atom is 0.259 e. The van der Waals surface area contributed by atoms with Crippen molar-refractivity contribution in [1.82, 2.24) is 4.90 Å². The molecular weight excluding hydrogens is 445 g/mol. The number of carbonyl (C=O) groups excluding carboxylic acids is 2. The van der Waals surface area contributed by atoms with Crippen molar-refractivity contribution in [3.63, 3.8) is 0 Å². The summed E-state index contributed by atoms with van der Waals surface area (Å²) in [5, 5.41) is 2.88. The number of ether oxygens (including phenoxy) is 1. The van der Waals surface area contributed by atoms with Gasteiger partial charge in [0.05, 0.1) is 12.7 Å². The summed E-state index contributed by atoms with van der Waals surface area (Å²) in [6.07, 6.45) is 3.71. The summed E-state index contributed by atoms with van der Waals surface area (Å²) in [5.41, 5.74) is 8.68. The highest BCUT2D eigenvalue weighted by atomic mass is 19.1. The van der Waals surface area contributed by atoms with E-state index in [1.165, 1.54) is 19.2 Å². The standard InChI is InChI=1S/C28H30FN3O3/c1-35-26-12-5-2-9-23(26)27(33)31-22-15-13-19(14-16-22)18-32(25-11-4-3-10-24(25)30)28(34)20-7-6-8-21(29)17-20/h2,5-9,12-17,24-25H,3-4,10-11,18,30H2,1H3,(H,31,33). The molecule has 0 aliphatic heterocycles. The predicted octanol–water partition coefficient (Wildman–Crippen LogP) is 5.00. The van der Waals surface area contributed by atoms with E-state index in [1.807, 2.05) is 12.1 Å². The lowest BCUT2D eigenvalue weighted by Gasteiger charge is -2.38. The summed E-state index contributed by atoms with van der Waals surface area (Å²) in [6, 6.07) is 19.9. The molecule has 7 heteroatoms. The van der Waals surface area contributed by atoms with Crippen molar-refractivity contribution in [2.45, 2.75) is 44.3 Å². The molecule has 35 heavy (non-hydrogen) atoms. The first-order chi connectivity index (χ1) is 17.0. The summed E-state index contributed by atoms with van der Waals surface area (Å²) in [7, 11) is 1.52. The van der Waals surface area contributed by atoms with Gasteiger partial charge in [-0.15, -0.1) is 0 Å². The van der Waals surface area contributed by atoms with Crippen LogP contribution < -0.4 is 15.8 Å². The maximum absolute atomic E-state index is 13.8. The zero-order chi connectivity index (χ0) is 24.8. The third kappa shape index (κ3) is 5.87. The normalized spacial score (nSPS) is 17.5. The van der Waals surface area contributed by atoms with Gasteiger partial charge in [0.15, 0.2) is 0 Å². The minimum Gasteiger partial charge on any atom is -0.496 e. The number of nitrogens with one attached hydrogen (secondary N) is 1. The monoisotopic (exact) mass is 475 g/mol. The molecule has 4 rings (SSSR count). The summed E-state index contributed by atoms with van der Waals surface area (Å²) < 4.78 is 19.1. The molecule has 3 N–H and O–H groups in total. The largest absolute Gasteiger partial charge is 0.496 e. The summed E-state index contributed by atoms with van der Waals surface area (Å²) in [5.74, 6) is -0.456. The molecule has 2 amide bonds. The SMILES string of the molecule is COc1ccccc1C(=O)Nc1ccc(CN(C(=O)c2cccc(F)c2)C2CCCCC2N)cc1. The zero-order valence-corrected chi connectivity index (χ0v) is 19.7. The number of nitrogens with two attached hydrogens (primary N) is 1. The Balaban J connectivity index is 1.52. The van der Waals surface area contributed by atoms with Gasteiger partial charge in [-0.2, -0.15) is 0 Å². The van der Waals surface area contributed by atoms with Crippen LogP contribution in [0.15, 0.2) is 72.8 Å². The highest BCUT2D eigenvalue weighted by Gasteiger charge is 2.31. The number of halogens is 1. The third-order valence-corrected chi connectivity index (χ3v) is 6.43. The molecule has 1 aliphatic rings. The second-order valence-corrected chi connectivity index (χ2v) is 8.81. The van der Waals surface area contributed by atoms with Gasteiger partial charge in [-0.25, -0.2) is 4.39 Å². The van der Waals surface area contributed by atoms with E-state index in [-0.39, 0.29) is 23.9 Å². The van der Waals surface area contributed by atoms with Crippen LogP contribution in [0.4, 0.5) is 10.1 Å². The molecule has 1 aliphatic carbocycles.